The molecule has 0 bridgehead atoms. The van der Waals surface area contributed by atoms with Gasteiger partial charge in [0.25, 0.3) is 5.91 Å². The standard InChI is InChI=1S/C19H19N3O3/c1-12(23)20-14-4-6-15(7-5-14)21-19(24)18-11-13-10-16(25-3)8-9-17(13)22(18)2/h4-11H,1-3H3,(H,20,23)(H,21,24). The summed E-state index contributed by atoms with van der Waals surface area (Å²) in [5, 5.41) is 6.49. The van der Waals surface area contributed by atoms with Crippen molar-refractivity contribution in [3.05, 3.63) is 54.2 Å². The number of benzene rings is 2. The molecule has 0 aliphatic heterocycles. The van der Waals surface area contributed by atoms with Gasteiger partial charge in [-0.1, -0.05) is 0 Å². The van der Waals surface area contributed by atoms with E-state index in [9.17, 15) is 9.59 Å². The molecule has 0 aliphatic rings. The van der Waals surface area contributed by atoms with E-state index in [4.69, 9.17) is 4.74 Å². The zero-order valence-corrected chi connectivity index (χ0v) is 14.3. The number of amides is 2. The quantitative estimate of drug-likeness (QED) is 0.766. The number of nitrogens with zero attached hydrogens (tertiary/aromatic N) is 1. The van der Waals surface area contributed by atoms with E-state index < -0.39 is 0 Å². The first-order valence-corrected chi connectivity index (χ1v) is 7.80. The lowest BCUT2D eigenvalue weighted by Crippen LogP contribution is -2.15. The Bertz CT molecular complexity index is 942. The molecule has 2 N–H and O–H groups in total. The van der Waals surface area contributed by atoms with Crippen molar-refractivity contribution in [1.29, 1.82) is 0 Å². The molecule has 0 atom stereocenters. The van der Waals surface area contributed by atoms with Crippen LogP contribution in [0.4, 0.5) is 11.4 Å². The highest BCUT2D eigenvalue weighted by atomic mass is 16.5. The summed E-state index contributed by atoms with van der Waals surface area (Å²) in [5.41, 5.74) is 2.84. The van der Waals surface area contributed by atoms with Crippen molar-refractivity contribution in [2.75, 3.05) is 17.7 Å². The van der Waals surface area contributed by atoms with Crippen molar-refractivity contribution < 1.29 is 14.3 Å². The molecule has 0 unspecified atom stereocenters. The fourth-order valence-corrected chi connectivity index (χ4v) is 2.71. The molecule has 0 radical (unpaired) electrons. The maximum absolute atomic E-state index is 12.6. The number of hydrogen-bond acceptors (Lipinski definition) is 3. The van der Waals surface area contributed by atoms with Crippen molar-refractivity contribution in [2.24, 2.45) is 7.05 Å². The minimum absolute atomic E-state index is 0.136. The van der Waals surface area contributed by atoms with Crippen LogP contribution >= 0.6 is 0 Å². The van der Waals surface area contributed by atoms with Crippen LogP contribution in [0.2, 0.25) is 0 Å². The van der Waals surface area contributed by atoms with E-state index in [0.29, 0.717) is 17.1 Å². The molecule has 0 saturated heterocycles. The monoisotopic (exact) mass is 337 g/mol. The second kappa shape index (κ2) is 6.68. The molecule has 2 amide bonds. The maximum Gasteiger partial charge on any atom is 0.272 e. The summed E-state index contributed by atoms with van der Waals surface area (Å²) in [6.07, 6.45) is 0. The number of hydrogen-bond donors (Lipinski definition) is 2. The van der Waals surface area contributed by atoms with E-state index in [2.05, 4.69) is 10.6 Å². The van der Waals surface area contributed by atoms with Gasteiger partial charge in [0.15, 0.2) is 0 Å². The average Bonchev–Trinajstić information content (AvgIpc) is 2.92. The molecular formula is C19H19N3O3. The second-order valence-corrected chi connectivity index (χ2v) is 5.73. The summed E-state index contributed by atoms with van der Waals surface area (Å²) in [5.74, 6) is 0.409. The summed E-state index contributed by atoms with van der Waals surface area (Å²) in [6.45, 7) is 1.45. The Morgan fingerprint density at radius 3 is 2.20 bits per heavy atom. The Morgan fingerprint density at radius 1 is 0.960 bits per heavy atom. The highest BCUT2D eigenvalue weighted by molar-refractivity contribution is 6.06. The third-order valence-electron chi connectivity index (χ3n) is 3.95. The second-order valence-electron chi connectivity index (χ2n) is 5.73. The highest BCUT2D eigenvalue weighted by Crippen LogP contribution is 2.24. The Morgan fingerprint density at radius 2 is 1.60 bits per heavy atom. The molecule has 3 aromatic rings. The van der Waals surface area contributed by atoms with Crippen LogP contribution in [-0.2, 0) is 11.8 Å². The molecule has 0 spiro atoms. The Hall–Kier alpha value is -3.28. The summed E-state index contributed by atoms with van der Waals surface area (Å²) in [7, 11) is 3.46. The van der Waals surface area contributed by atoms with Gasteiger partial charge in [0, 0.05) is 36.2 Å². The smallest absolute Gasteiger partial charge is 0.272 e. The van der Waals surface area contributed by atoms with Crippen LogP contribution in [0.25, 0.3) is 10.9 Å². The number of fused-ring (bicyclic) bond motifs is 1. The molecule has 0 fully saturated rings. The van der Waals surface area contributed by atoms with Gasteiger partial charge in [-0.2, -0.15) is 0 Å². The first-order valence-electron chi connectivity index (χ1n) is 7.80. The van der Waals surface area contributed by atoms with Crippen LogP contribution in [0, 0.1) is 0 Å². The van der Waals surface area contributed by atoms with Crippen molar-refractivity contribution in [2.45, 2.75) is 6.92 Å². The van der Waals surface area contributed by atoms with Gasteiger partial charge in [-0.05, 0) is 48.5 Å². The molecular weight excluding hydrogens is 318 g/mol. The van der Waals surface area contributed by atoms with E-state index in [1.165, 1.54) is 6.92 Å². The van der Waals surface area contributed by atoms with Gasteiger partial charge in [0.2, 0.25) is 5.91 Å². The van der Waals surface area contributed by atoms with Gasteiger partial charge in [-0.25, -0.2) is 0 Å². The van der Waals surface area contributed by atoms with Gasteiger partial charge >= 0.3 is 0 Å². The molecule has 1 aromatic heterocycles. The molecule has 128 valence electrons. The van der Waals surface area contributed by atoms with Crippen molar-refractivity contribution in [1.82, 2.24) is 4.57 Å². The Balaban J connectivity index is 1.82. The molecule has 0 aliphatic carbocycles. The normalized spacial score (nSPS) is 10.5. The lowest BCUT2D eigenvalue weighted by molar-refractivity contribution is -0.114. The number of methoxy groups -OCH3 is 1. The number of carbonyl (C=O) groups excluding carboxylic acids is 2. The van der Waals surface area contributed by atoms with E-state index in [-0.39, 0.29) is 11.8 Å². The van der Waals surface area contributed by atoms with Gasteiger partial charge in [-0.3, -0.25) is 9.59 Å². The van der Waals surface area contributed by atoms with Crippen LogP contribution in [0.15, 0.2) is 48.5 Å². The maximum atomic E-state index is 12.6. The molecule has 6 heteroatoms. The van der Waals surface area contributed by atoms with Crippen LogP contribution in [-0.4, -0.2) is 23.5 Å². The van der Waals surface area contributed by atoms with Gasteiger partial charge in [-0.15, -0.1) is 0 Å². The van der Waals surface area contributed by atoms with Gasteiger partial charge in [0.1, 0.15) is 11.4 Å². The molecule has 25 heavy (non-hydrogen) atoms. The van der Waals surface area contributed by atoms with Crippen LogP contribution in [0.1, 0.15) is 17.4 Å². The fourth-order valence-electron chi connectivity index (χ4n) is 2.71. The third kappa shape index (κ3) is 3.47. The first kappa shape index (κ1) is 16.6. The predicted octanol–water partition coefficient (Wildman–Crippen LogP) is 3.40. The Kier molecular flexibility index (Phi) is 4.43. The number of anilines is 2. The third-order valence-corrected chi connectivity index (χ3v) is 3.95. The Labute approximate surface area is 145 Å². The van der Waals surface area contributed by atoms with Crippen LogP contribution in [0.3, 0.4) is 0 Å². The zero-order chi connectivity index (χ0) is 18.0. The minimum atomic E-state index is -0.204. The van der Waals surface area contributed by atoms with Crippen LogP contribution < -0.4 is 15.4 Å². The lowest BCUT2D eigenvalue weighted by atomic mass is 10.2. The zero-order valence-electron chi connectivity index (χ0n) is 14.3. The van der Waals surface area contributed by atoms with E-state index in [1.807, 2.05) is 35.9 Å². The molecule has 0 saturated carbocycles. The predicted molar refractivity (Wildman–Crippen MR) is 98.2 cm³/mol. The first-order chi connectivity index (χ1) is 12.0. The highest BCUT2D eigenvalue weighted by Gasteiger charge is 2.14. The number of rotatable bonds is 4. The average molecular weight is 337 g/mol. The van der Waals surface area contributed by atoms with Crippen molar-refractivity contribution in [3.8, 4) is 5.75 Å². The van der Waals surface area contributed by atoms with Crippen molar-refractivity contribution in [3.63, 3.8) is 0 Å². The van der Waals surface area contributed by atoms with Crippen LogP contribution in [0.5, 0.6) is 5.75 Å². The lowest BCUT2D eigenvalue weighted by Gasteiger charge is -2.08. The van der Waals surface area contributed by atoms with E-state index in [0.717, 1.165) is 16.7 Å². The van der Waals surface area contributed by atoms with Gasteiger partial charge < -0.3 is 19.9 Å². The molecule has 6 nitrogen and oxygen atoms in total. The summed E-state index contributed by atoms with van der Waals surface area (Å²) in [4.78, 5) is 23.6. The number of aromatic nitrogens is 1. The summed E-state index contributed by atoms with van der Waals surface area (Å²) in [6, 6.07) is 14.5. The number of aryl methyl sites for hydroxylation is 1. The molecule has 3 rings (SSSR count). The summed E-state index contributed by atoms with van der Waals surface area (Å²) < 4.78 is 7.07. The number of nitrogens with one attached hydrogen (secondary N) is 2. The molecule has 1 heterocycles. The van der Waals surface area contributed by atoms with Gasteiger partial charge in [0.05, 0.1) is 7.11 Å². The SMILES string of the molecule is COc1ccc2c(c1)cc(C(=O)Nc1ccc(NC(C)=O)cc1)n2C. The number of ether oxygens (including phenoxy) is 1. The topological polar surface area (TPSA) is 72.4 Å². The van der Waals surface area contributed by atoms with E-state index >= 15 is 0 Å². The van der Waals surface area contributed by atoms with Crippen molar-refractivity contribution >= 4 is 34.1 Å². The summed E-state index contributed by atoms with van der Waals surface area (Å²) >= 11 is 0. The number of carbonyl (C=O) groups is 2. The largest absolute Gasteiger partial charge is 0.497 e. The minimum Gasteiger partial charge on any atom is -0.497 e. The molecule has 2 aromatic carbocycles. The van der Waals surface area contributed by atoms with E-state index in [1.54, 1.807) is 31.4 Å². The fraction of sp³-hybridized carbons (Fsp3) is 0.158.